The van der Waals surface area contributed by atoms with Gasteiger partial charge in [0.25, 0.3) is 0 Å². The third-order valence-electron chi connectivity index (χ3n) is 3.01. The van der Waals surface area contributed by atoms with Crippen molar-refractivity contribution < 1.29 is 14.1 Å². The van der Waals surface area contributed by atoms with Crippen molar-refractivity contribution in [2.24, 2.45) is 0 Å². The van der Waals surface area contributed by atoms with Gasteiger partial charge in [0.2, 0.25) is 0 Å². The Labute approximate surface area is 135 Å². The van der Waals surface area contributed by atoms with Crippen LogP contribution in [0.3, 0.4) is 0 Å². The van der Waals surface area contributed by atoms with Crippen molar-refractivity contribution in [1.82, 2.24) is 5.16 Å². The lowest BCUT2D eigenvalue weighted by Gasteiger charge is -2.20. The van der Waals surface area contributed by atoms with Gasteiger partial charge in [-0.15, -0.1) is 0 Å². The van der Waals surface area contributed by atoms with Crippen molar-refractivity contribution in [3.05, 3.63) is 35.7 Å². The second-order valence-corrected chi connectivity index (χ2v) is 6.07. The molecule has 2 aromatic rings. The Morgan fingerprint density at radius 3 is 2.74 bits per heavy atom. The molecule has 1 aromatic carbocycles. The topological polar surface area (TPSA) is 88.2 Å². The van der Waals surface area contributed by atoms with Gasteiger partial charge in [-0.05, 0) is 33.8 Å². The van der Waals surface area contributed by atoms with E-state index >= 15 is 0 Å². The minimum Gasteiger partial charge on any atom is -0.444 e. The molecule has 0 spiro atoms. The summed E-state index contributed by atoms with van der Waals surface area (Å²) >= 11 is 0. The summed E-state index contributed by atoms with van der Waals surface area (Å²) in [6.45, 7) is 7.17. The van der Waals surface area contributed by atoms with Crippen LogP contribution in [0.1, 0.15) is 32.2 Å². The van der Waals surface area contributed by atoms with E-state index in [-0.39, 0.29) is 6.42 Å². The van der Waals surface area contributed by atoms with E-state index in [1.807, 2.05) is 18.2 Å². The normalized spacial score (nSPS) is 10.9. The minimum atomic E-state index is -0.585. The molecular formula is C17H19N3O3. The van der Waals surface area contributed by atoms with E-state index in [1.165, 1.54) is 0 Å². The zero-order valence-corrected chi connectivity index (χ0v) is 13.6. The number of carbonyl (C=O) groups is 1. The molecule has 0 bridgehead atoms. The number of aryl methyl sites for hydroxylation is 1. The molecule has 0 atom stereocenters. The molecular weight excluding hydrogens is 294 g/mol. The highest BCUT2D eigenvalue weighted by atomic mass is 16.6. The van der Waals surface area contributed by atoms with E-state index in [0.717, 1.165) is 11.1 Å². The lowest BCUT2D eigenvalue weighted by atomic mass is 10.0. The van der Waals surface area contributed by atoms with Crippen LogP contribution in [-0.4, -0.2) is 16.9 Å². The summed E-state index contributed by atoms with van der Waals surface area (Å²) in [5.41, 5.74) is 1.99. The van der Waals surface area contributed by atoms with Gasteiger partial charge in [0.1, 0.15) is 17.1 Å². The second kappa shape index (κ2) is 6.53. The summed E-state index contributed by atoms with van der Waals surface area (Å²) in [6, 6.07) is 9.32. The molecule has 1 amide bonds. The van der Waals surface area contributed by atoms with E-state index in [1.54, 1.807) is 33.8 Å². The van der Waals surface area contributed by atoms with Gasteiger partial charge in [0.15, 0.2) is 0 Å². The van der Waals surface area contributed by atoms with Gasteiger partial charge >= 0.3 is 6.09 Å². The van der Waals surface area contributed by atoms with Crippen LogP contribution in [0, 0.1) is 18.3 Å². The number of hydrogen-bond donors (Lipinski definition) is 1. The van der Waals surface area contributed by atoms with Crippen LogP contribution in [0.15, 0.2) is 28.8 Å². The summed E-state index contributed by atoms with van der Waals surface area (Å²) in [7, 11) is 0. The molecule has 0 unspecified atom stereocenters. The highest BCUT2D eigenvalue weighted by Gasteiger charge is 2.20. The molecule has 2 rings (SSSR count). The van der Waals surface area contributed by atoms with E-state index < -0.39 is 11.7 Å². The largest absolute Gasteiger partial charge is 0.444 e. The summed E-state index contributed by atoms with van der Waals surface area (Å²) in [6.07, 6.45) is -0.408. The molecule has 1 N–H and O–H groups in total. The number of aromatic nitrogens is 1. The quantitative estimate of drug-likeness (QED) is 0.923. The number of amides is 1. The molecule has 0 aliphatic carbocycles. The van der Waals surface area contributed by atoms with Gasteiger partial charge in [0.05, 0.1) is 23.7 Å². The van der Waals surface area contributed by atoms with Crippen LogP contribution in [0.25, 0.3) is 11.1 Å². The molecule has 6 nitrogen and oxygen atoms in total. The first kappa shape index (κ1) is 16.6. The smallest absolute Gasteiger partial charge is 0.412 e. The molecule has 0 aliphatic rings. The molecule has 1 heterocycles. The predicted octanol–water partition coefficient (Wildman–Crippen LogP) is 4.06. The van der Waals surface area contributed by atoms with Crippen LogP contribution in [0.4, 0.5) is 10.5 Å². The highest BCUT2D eigenvalue weighted by molar-refractivity contribution is 5.92. The number of carbonyl (C=O) groups excluding carboxylic acids is 1. The first-order valence-electron chi connectivity index (χ1n) is 7.23. The molecule has 0 saturated heterocycles. The molecule has 0 saturated carbocycles. The minimum absolute atomic E-state index is 0.132. The van der Waals surface area contributed by atoms with Gasteiger partial charge < -0.3 is 9.26 Å². The van der Waals surface area contributed by atoms with E-state index in [0.29, 0.717) is 17.1 Å². The first-order valence-corrected chi connectivity index (χ1v) is 7.23. The van der Waals surface area contributed by atoms with E-state index in [4.69, 9.17) is 14.5 Å². The molecule has 23 heavy (non-hydrogen) atoms. The Kier molecular flexibility index (Phi) is 4.70. The maximum atomic E-state index is 12.0. The van der Waals surface area contributed by atoms with Crippen molar-refractivity contribution >= 4 is 11.8 Å². The van der Waals surface area contributed by atoms with Gasteiger partial charge in [-0.2, -0.15) is 5.26 Å². The SMILES string of the molecule is Cc1onc(CC#N)c1-c1ccccc1NC(=O)OC(C)(C)C. The second-order valence-electron chi connectivity index (χ2n) is 6.07. The maximum Gasteiger partial charge on any atom is 0.412 e. The van der Waals surface area contributed by atoms with Crippen molar-refractivity contribution in [2.75, 3.05) is 5.32 Å². The number of ether oxygens (including phenoxy) is 1. The predicted molar refractivity (Wildman–Crippen MR) is 85.8 cm³/mol. The van der Waals surface area contributed by atoms with Crippen molar-refractivity contribution in [3.8, 4) is 17.2 Å². The van der Waals surface area contributed by atoms with Crippen molar-refractivity contribution in [2.45, 2.75) is 39.7 Å². The molecule has 120 valence electrons. The third kappa shape index (κ3) is 4.10. The van der Waals surface area contributed by atoms with E-state index in [2.05, 4.69) is 16.5 Å². The van der Waals surface area contributed by atoms with Crippen LogP contribution in [-0.2, 0) is 11.2 Å². The summed E-state index contributed by atoms with van der Waals surface area (Å²) < 4.78 is 10.5. The fraction of sp³-hybridized carbons (Fsp3) is 0.353. The molecule has 0 radical (unpaired) electrons. The van der Waals surface area contributed by atoms with Crippen molar-refractivity contribution in [1.29, 1.82) is 5.26 Å². The van der Waals surface area contributed by atoms with Crippen LogP contribution in [0.5, 0.6) is 0 Å². The molecule has 0 fully saturated rings. The average Bonchev–Trinajstić information content (AvgIpc) is 2.79. The molecule has 1 aromatic heterocycles. The third-order valence-corrected chi connectivity index (χ3v) is 3.01. The maximum absolute atomic E-state index is 12.0. The monoisotopic (exact) mass is 313 g/mol. The number of anilines is 1. The zero-order chi connectivity index (χ0) is 17.0. The average molecular weight is 313 g/mol. The molecule has 6 heteroatoms. The number of nitrogens with zero attached hydrogens (tertiary/aromatic N) is 2. The zero-order valence-electron chi connectivity index (χ0n) is 13.6. The van der Waals surface area contributed by atoms with Gasteiger partial charge in [-0.1, -0.05) is 23.4 Å². The Bertz CT molecular complexity index is 751. The molecule has 0 aliphatic heterocycles. The fourth-order valence-corrected chi connectivity index (χ4v) is 2.18. The van der Waals surface area contributed by atoms with Gasteiger partial charge in [-0.3, -0.25) is 5.32 Å². The van der Waals surface area contributed by atoms with Crippen LogP contribution >= 0.6 is 0 Å². The summed E-state index contributed by atoms with van der Waals surface area (Å²) in [5.74, 6) is 0.591. The van der Waals surface area contributed by atoms with E-state index in [9.17, 15) is 4.79 Å². The Morgan fingerprint density at radius 1 is 1.39 bits per heavy atom. The standard InChI is InChI=1S/C17H19N3O3/c1-11-15(14(9-10-18)20-23-11)12-7-5-6-8-13(12)19-16(21)22-17(2,3)4/h5-8H,9H2,1-4H3,(H,19,21). The Morgan fingerprint density at radius 2 is 2.09 bits per heavy atom. The van der Waals surface area contributed by atoms with Gasteiger partial charge in [-0.25, -0.2) is 4.79 Å². The van der Waals surface area contributed by atoms with Crippen molar-refractivity contribution in [3.63, 3.8) is 0 Å². The lowest BCUT2D eigenvalue weighted by molar-refractivity contribution is 0.0636. The Balaban J connectivity index is 2.37. The number of benzene rings is 1. The number of rotatable bonds is 3. The lowest BCUT2D eigenvalue weighted by Crippen LogP contribution is -2.27. The van der Waals surface area contributed by atoms with Crippen LogP contribution in [0.2, 0.25) is 0 Å². The highest BCUT2D eigenvalue weighted by Crippen LogP contribution is 2.33. The fourth-order valence-electron chi connectivity index (χ4n) is 2.18. The van der Waals surface area contributed by atoms with Gasteiger partial charge in [0, 0.05) is 5.56 Å². The van der Waals surface area contributed by atoms with Crippen LogP contribution < -0.4 is 5.32 Å². The number of nitrogens with one attached hydrogen (secondary N) is 1. The first-order chi connectivity index (χ1) is 10.8. The summed E-state index contributed by atoms with van der Waals surface area (Å²) in [4.78, 5) is 12.0. The number of nitriles is 1. The Hall–Kier alpha value is -2.81. The number of para-hydroxylation sites is 1. The number of hydrogen-bond acceptors (Lipinski definition) is 5. The summed E-state index contributed by atoms with van der Waals surface area (Å²) in [5, 5.41) is 15.6.